The number of hydrogen-bond donors (Lipinski definition) is 1. The van der Waals surface area contributed by atoms with E-state index in [-0.39, 0.29) is 6.54 Å². The van der Waals surface area contributed by atoms with Gasteiger partial charge in [-0.3, -0.25) is 0 Å². The van der Waals surface area contributed by atoms with Gasteiger partial charge in [-0.15, -0.1) is 0 Å². The molecule has 0 aromatic heterocycles. The average Bonchev–Trinajstić information content (AvgIpc) is 2.09. The maximum atomic E-state index is 13.5. The third-order valence-corrected chi connectivity index (χ3v) is 2.44. The fourth-order valence-corrected chi connectivity index (χ4v) is 1.36. The predicted molar refractivity (Wildman–Crippen MR) is 56.4 cm³/mol. The van der Waals surface area contributed by atoms with Crippen molar-refractivity contribution in [3.8, 4) is 0 Å². The Kier molecular flexibility index (Phi) is 3.45. The van der Waals surface area contributed by atoms with Crippen LogP contribution in [-0.2, 0) is 6.42 Å². The normalized spacial score (nSPS) is 15.4. The highest BCUT2D eigenvalue weighted by Gasteiger charge is 2.20. The highest BCUT2D eigenvalue weighted by molar-refractivity contribution is 9.10. The van der Waals surface area contributed by atoms with Crippen molar-refractivity contribution in [1.29, 1.82) is 0 Å². The van der Waals surface area contributed by atoms with Crippen LogP contribution in [0, 0.1) is 0 Å². The van der Waals surface area contributed by atoms with E-state index in [1.807, 2.05) is 24.3 Å². The Bertz CT molecular complexity index is 269. The molecule has 0 spiro atoms. The van der Waals surface area contributed by atoms with Gasteiger partial charge in [-0.1, -0.05) is 28.1 Å². The van der Waals surface area contributed by atoms with E-state index in [0.29, 0.717) is 6.42 Å². The third-order valence-electron chi connectivity index (χ3n) is 1.91. The molecule has 0 saturated carbocycles. The third kappa shape index (κ3) is 3.44. The Balaban J connectivity index is 2.69. The lowest BCUT2D eigenvalue weighted by molar-refractivity contribution is 0.200. The Hall–Kier alpha value is -0.410. The van der Waals surface area contributed by atoms with Gasteiger partial charge >= 0.3 is 0 Å². The lowest BCUT2D eigenvalue weighted by atomic mass is 9.99. The summed E-state index contributed by atoms with van der Waals surface area (Å²) in [5.74, 6) is 0. The summed E-state index contributed by atoms with van der Waals surface area (Å²) in [5.41, 5.74) is 4.97. The first-order chi connectivity index (χ1) is 6.03. The number of nitrogens with two attached hydrogens (primary N) is 1. The molecule has 0 amide bonds. The SMILES string of the molecule is CC(F)(CN)Cc1ccc(Br)cc1. The van der Waals surface area contributed by atoms with Crippen molar-refractivity contribution in [3.63, 3.8) is 0 Å². The van der Waals surface area contributed by atoms with Crippen molar-refractivity contribution in [2.75, 3.05) is 6.54 Å². The quantitative estimate of drug-likeness (QED) is 0.871. The van der Waals surface area contributed by atoms with E-state index in [0.717, 1.165) is 10.0 Å². The Labute approximate surface area is 86.3 Å². The van der Waals surface area contributed by atoms with E-state index in [4.69, 9.17) is 5.73 Å². The zero-order valence-corrected chi connectivity index (χ0v) is 9.14. The van der Waals surface area contributed by atoms with Gasteiger partial charge in [0, 0.05) is 17.4 Å². The van der Waals surface area contributed by atoms with Crippen molar-refractivity contribution in [2.45, 2.75) is 19.0 Å². The molecule has 0 aliphatic carbocycles. The van der Waals surface area contributed by atoms with Gasteiger partial charge in [-0.05, 0) is 24.6 Å². The fourth-order valence-electron chi connectivity index (χ4n) is 1.10. The number of halogens is 2. The van der Waals surface area contributed by atoms with Crippen LogP contribution in [0.25, 0.3) is 0 Å². The van der Waals surface area contributed by atoms with Crippen molar-refractivity contribution >= 4 is 15.9 Å². The van der Waals surface area contributed by atoms with Crippen molar-refractivity contribution in [3.05, 3.63) is 34.3 Å². The van der Waals surface area contributed by atoms with E-state index in [1.54, 1.807) is 0 Å². The zero-order chi connectivity index (χ0) is 9.90. The number of benzene rings is 1. The van der Waals surface area contributed by atoms with Crippen molar-refractivity contribution < 1.29 is 4.39 Å². The Morgan fingerprint density at radius 2 is 1.92 bits per heavy atom. The van der Waals surface area contributed by atoms with Crippen molar-refractivity contribution in [1.82, 2.24) is 0 Å². The van der Waals surface area contributed by atoms with E-state index in [9.17, 15) is 4.39 Å². The first-order valence-electron chi connectivity index (χ1n) is 4.17. The van der Waals surface area contributed by atoms with Crippen LogP contribution in [0.3, 0.4) is 0 Å². The summed E-state index contributed by atoms with van der Waals surface area (Å²) in [7, 11) is 0. The predicted octanol–water partition coefficient (Wildman–Crippen LogP) is 2.68. The summed E-state index contributed by atoms with van der Waals surface area (Å²) < 4.78 is 14.5. The second-order valence-electron chi connectivity index (χ2n) is 3.42. The minimum Gasteiger partial charge on any atom is -0.328 e. The van der Waals surface area contributed by atoms with Crippen LogP contribution in [0.15, 0.2) is 28.7 Å². The molecule has 0 bridgehead atoms. The Morgan fingerprint density at radius 1 is 1.38 bits per heavy atom. The van der Waals surface area contributed by atoms with Crippen LogP contribution in [-0.4, -0.2) is 12.2 Å². The highest BCUT2D eigenvalue weighted by Crippen LogP contribution is 2.18. The maximum Gasteiger partial charge on any atom is 0.124 e. The van der Waals surface area contributed by atoms with Crippen LogP contribution in [0.5, 0.6) is 0 Å². The molecule has 1 atom stereocenters. The molecule has 0 fully saturated rings. The average molecular weight is 246 g/mol. The van der Waals surface area contributed by atoms with Crippen LogP contribution in [0.4, 0.5) is 4.39 Å². The van der Waals surface area contributed by atoms with E-state index < -0.39 is 5.67 Å². The van der Waals surface area contributed by atoms with Gasteiger partial charge in [0.2, 0.25) is 0 Å². The molecule has 0 aliphatic rings. The second-order valence-corrected chi connectivity index (χ2v) is 4.34. The van der Waals surface area contributed by atoms with Gasteiger partial charge in [0.05, 0.1) is 0 Å². The molecule has 1 rings (SSSR count). The standard InChI is InChI=1S/C10H13BrFN/c1-10(12,7-13)6-8-2-4-9(11)5-3-8/h2-5H,6-7,13H2,1H3. The molecule has 72 valence electrons. The number of alkyl halides is 1. The molecular formula is C10H13BrFN. The molecule has 0 radical (unpaired) electrons. The van der Waals surface area contributed by atoms with Crippen molar-refractivity contribution in [2.24, 2.45) is 5.73 Å². The highest BCUT2D eigenvalue weighted by atomic mass is 79.9. The lowest BCUT2D eigenvalue weighted by Gasteiger charge is -2.17. The monoisotopic (exact) mass is 245 g/mol. The molecule has 1 unspecified atom stereocenters. The summed E-state index contributed by atoms with van der Waals surface area (Å²) >= 11 is 3.32. The van der Waals surface area contributed by atoms with Crippen LogP contribution < -0.4 is 5.73 Å². The molecule has 1 nitrogen and oxygen atoms in total. The molecule has 3 heteroatoms. The molecule has 2 N–H and O–H groups in total. The molecule has 13 heavy (non-hydrogen) atoms. The molecule has 0 heterocycles. The van der Waals surface area contributed by atoms with Crippen LogP contribution in [0.1, 0.15) is 12.5 Å². The first-order valence-corrected chi connectivity index (χ1v) is 4.96. The van der Waals surface area contributed by atoms with Gasteiger partial charge in [0.1, 0.15) is 5.67 Å². The maximum absolute atomic E-state index is 13.5. The minimum absolute atomic E-state index is 0.0586. The van der Waals surface area contributed by atoms with Gasteiger partial charge in [0.25, 0.3) is 0 Å². The fraction of sp³-hybridized carbons (Fsp3) is 0.400. The summed E-state index contributed by atoms with van der Waals surface area (Å²) in [6.07, 6.45) is 0.372. The number of hydrogen-bond acceptors (Lipinski definition) is 1. The van der Waals surface area contributed by atoms with Gasteiger partial charge in [-0.2, -0.15) is 0 Å². The molecule has 0 aliphatic heterocycles. The second kappa shape index (κ2) is 4.20. The minimum atomic E-state index is -1.30. The topological polar surface area (TPSA) is 26.0 Å². The smallest absolute Gasteiger partial charge is 0.124 e. The van der Waals surface area contributed by atoms with Crippen LogP contribution >= 0.6 is 15.9 Å². The van der Waals surface area contributed by atoms with Gasteiger partial charge < -0.3 is 5.73 Å². The van der Waals surface area contributed by atoms with Gasteiger partial charge in [-0.25, -0.2) is 4.39 Å². The van der Waals surface area contributed by atoms with E-state index in [2.05, 4.69) is 15.9 Å². The Morgan fingerprint density at radius 3 is 2.38 bits per heavy atom. The summed E-state index contributed by atoms with van der Waals surface area (Å²) in [4.78, 5) is 0. The molecule has 1 aromatic rings. The van der Waals surface area contributed by atoms with E-state index >= 15 is 0 Å². The molecule has 1 aromatic carbocycles. The zero-order valence-electron chi connectivity index (χ0n) is 7.56. The van der Waals surface area contributed by atoms with E-state index in [1.165, 1.54) is 6.92 Å². The molecular weight excluding hydrogens is 233 g/mol. The summed E-state index contributed by atoms with van der Waals surface area (Å²) in [6, 6.07) is 7.61. The molecule has 0 saturated heterocycles. The van der Waals surface area contributed by atoms with Crippen LogP contribution in [0.2, 0.25) is 0 Å². The lowest BCUT2D eigenvalue weighted by Crippen LogP contribution is -2.31. The number of rotatable bonds is 3. The first kappa shape index (κ1) is 10.7. The summed E-state index contributed by atoms with van der Waals surface area (Å²) in [6.45, 7) is 1.58. The largest absolute Gasteiger partial charge is 0.328 e. The summed E-state index contributed by atoms with van der Waals surface area (Å²) in [5, 5.41) is 0. The van der Waals surface area contributed by atoms with Gasteiger partial charge in [0.15, 0.2) is 0 Å².